The van der Waals surface area contributed by atoms with Gasteiger partial charge in [-0.25, -0.2) is 0 Å². The van der Waals surface area contributed by atoms with Gasteiger partial charge in [0, 0.05) is 26.1 Å². The zero-order valence-electron chi connectivity index (χ0n) is 39.1. The second kappa shape index (κ2) is 25.2. The molecule has 17 heteroatoms. The van der Waals surface area contributed by atoms with E-state index in [-0.39, 0.29) is 44.8 Å². The largest absolute Gasteiger partial charge is 0.368 e. The Kier molecular flexibility index (Phi) is 19.5. The summed E-state index contributed by atoms with van der Waals surface area (Å²) in [5.41, 5.74) is 8.38. The van der Waals surface area contributed by atoms with Gasteiger partial charge in [-0.1, -0.05) is 88.3 Å². The maximum Gasteiger partial charge on any atom is 0.246 e. The number of fused-ring (bicyclic) bond motifs is 2. The number of nitrogens with zero attached hydrogens (tertiary/aromatic N) is 2. The molecule has 0 spiro atoms. The average molecular weight is 914 g/mol. The molecule has 0 aromatic heterocycles. The maximum absolute atomic E-state index is 14.9. The molecule has 0 saturated carbocycles. The Morgan fingerprint density at radius 3 is 2.20 bits per heavy atom. The van der Waals surface area contributed by atoms with Crippen molar-refractivity contribution in [1.29, 1.82) is 0 Å². The Hall–Kier alpha value is -5.84. The fourth-order valence-corrected chi connectivity index (χ4v) is 8.98. The Labute approximate surface area is 388 Å². The Balaban J connectivity index is 1.48. The molecule has 3 saturated heterocycles. The molecule has 0 radical (unpaired) electrons. The number of nitrogens with two attached hydrogens (primary N) is 1. The smallest absolute Gasteiger partial charge is 0.246 e. The molecule has 8 N–H and O–H groups in total. The number of rotatable bonds is 11. The van der Waals surface area contributed by atoms with Crippen molar-refractivity contribution in [3.63, 3.8) is 0 Å². The van der Waals surface area contributed by atoms with E-state index in [0.29, 0.717) is 51.5 Å². The van der Waals surface area contributed by atoms with E-state index in [0.717, 1.165) is 29.5 Å². The average Bonchev–Trinajstić information content (AvgIpc) is 3.70. The summed E-state index contributed by atoms with van der Waals surface area (Å²) in [6.45, 7) is 8.57. The summed E-state index contributed by atoms with van der Waals surface area (Å²) < 4.78 is 0. The third-order valence-electron chi connectivity index (χ3n) is 12.8. The molecule has 3 aliphatic heterocycles. The van der Waals surface area contributed by atoms with Crippen LogP contribution in [0.2, 0.25) is 0 Å². The van der Waals surface area contributed by atoms with Crippen LogP contribution in [0.1, 0.15) is 116 Å². The fraction of sp³-hybridized carbons (Fsp3) is 0.592. The molecule has 0 bridgehead atoms. The van der Waals surface area contributed by atoms with Crippen molar-refractivity contribution in [2.75, 3.05) is 26.2 Å². The number of allylic oxidation sites excluding steroid dienone is 6. The SMILES string of the molecule is CCCCC(NCC)C(=O)NC1CC(=O)NCCCCC(C(N)=O)NC(=O)C(C)NC(=O)C2CCCCN2C(=O)[C@@H](Cc2ccc(C3=CC=CC(C)C=C3)cc2)NC(=O)C2CCCN2C1=O. The summed E-state index contributed by atoms with van der Waals surface area (Å²) in [7, 11) is 0. The summed E-state index contributed by atoms with van der Waals surface area (Å²) in [6.07, 6.45) is 15.4. The number of hydrogen-bond acceptors (Lipinski definition) is 9. The van der Waals surface area contributed by atoms with E-state index < -0.39 is 96.0 Å². The number of likely N-dealkylation sites (N-methyl/N-ethyl adjacent to an activating group) is 1. The van der Waals surface area contributed by atoms with Crippen molar-refractivity contribution in [3.05, 3.63) is 65.8 Å². The first kappa shape index (κ1) is 51.1. The molecule has 8 atom stereocenters. The number of unbranched alkanes of at least 4 members (excludes halogenated alkanes) is 1. The van der Waals surface area contributed by atoms with Gasteiger partial charge in [0.1, 0.15) is 36.3 Å². The molecule has 3 fully saturated rings. The number of benzene rings is 1. The van der Waals surface area contributed by atoms with Crippen molar-refractivity contribution in [2.24, 2.45) is 11.7 Å². The number of carbonyl (C=O) groups excluding carboxylic acids is 8. The molecule has 1 aromatic carbocycles. The van der Waals surface area contributed by atoms with Crippen molar-refractivity contribution in [3.8, 4) is 0 Å². The van der Waals surface area contributed by atoms with Gasteiger partial charge in [0.05, 0.1) is 12.5 Å². The molecule has 1 aliphatic carbocycles. The minimum atomic E-state index is -1.30. The molecule has 8 amide bonds. The van der Waals surface area contributed by atoms with E-state index >= 15 is 0 Å². The molecule has 360 valence electrons. The molecule has 17 nitrogen and oxygen atoms in total. The van der Waals surface area contributed by atoms with Crippen LogP contribution in [0.25, 0.3) is 5.57 Å². The number of primary amides is 1. The van der Waals surface area contributed by atoms with Crippen LogP contribution in [0.4, 0.5) is 0 Å². The highest BCUT2D eigenvalue weighted by molar-refractivity contribution is 5.98. The van der Waals surface area contributed by atoms with Crippen molar-refractivity contribution >= 4 is 52.8 Å². The van der Waals surface area contributed by atoms with Gasteiger partial charge in [-0.2, -0.15) is 0 Å². The topological polar surface area (TPSA) is 241 Å². The summed E-state index contributed by atoms with van der Waals surface area (Å²) in [5.74, 6) is -4.26. The highest BCUT2D eigenvalue weighted by Crippen LogP contribution is 2.25. The summed E-state index contributed by atoms with van der Waals surface area (Å²) >= 11 is 0. The minimum Gasteiger partial charge on any atom is -0.368 e. The second-order valence-corrected chi connectivity index (χ2v) is 18.0. The molecular formula is C49H71N9O8. The standard InChI is InChI=1S/C49H71N9O8/c1-5-7-16-37(51-6-2)45(62)55-39-30-42(59)52-26-10-8-17-36(43(50)60)54-44(61)32(4)53-46(63)40-18-9-11-27-57(40)48(65)38(56-47(64)41-19-13-28-58(41)49(39)66)29-33-21-24-35(25-22-33)34-15-12-14-31(3)20-23-34/h12,14-15,20-25,31-32,36-41,51H,5-11,13,16-19,26-30H2,1-4H3,(H2,50,60)(H,52,59)(H,53,63)(H,54,61)(H,55,62)(H,56,64)/t31?,32?,36?,37?,38-,39?,40?,41?/m1/s1. The van der Waals surface area contributed by atoms with Gasteiger partial charge in [0.2, 0.25) is 47.3 Å². The predicted octanol–water partition coefficient (Wildman–Crippen LogP) is 2.05. The van der Waals surface area contributed by atoms with Gasteiger partial charge in [-0.15, -0.1) is 0 Å². The number of amides is 8. The van der Waals surface area contributed by atoms with Gasteiger partial charge in [-0.05, 0) is 93.9 Å². The molecule has 66 heavy (non-hydrogen) atoms. The lowest BCUT2D eigenvalue weighted by Crippen LogP contribution is -2.61. The summed E-state index contributed by atoms with van der Waals surface area (Å²) in [5, 5.41) is 17.1. The van der Waals surface area contributed by atoms with E-state index in [1.807, 2.05) is 50.3 Å². The number of nitrogens with one attached hydrogen (secondary N) is 6. The first-order chi connectivity index (χ1) is 31.7. The maximum atomic E-state index is 14.9. The number of hydrogen-bond donors (Lipinski definition) is 7. The first-order valence-electron chi connectivity index (χ1n) is 24.0. The van der Waals surface area contributed by atoms with Crippen LogP contribution < -0.4 is 37.6 Å². The normalized spacial score (nSPS) is 27.0. The van der Waals surface area contributed by atoms with Crippen molar-refractivity contribution < 1.29 is 38.4 Å². The zero-order valence-corrected chi connectivity index (χ0v) is 39.1. The summed E-state index contributed by atoms with van der Waals surface area (Å²) in [6, 6.07) is 0.553. The molecule has 4 aliphatic rings. The minimum absolute atomic E-state index is 0.0674. The van der Waals surface area contributed by atoms with Crippen LogP contribution in [-0.4, -0.2) is 126 Å². The van der Waals surface area contributed by atoms with Crippen LogP contribution in [-0.2, 0) is 44.8 Å². The van der Waals surface area contributed by atoms with E-state index in [1.165, 1.54) is 16.7 Å². The van der Waals surface area contributed by atoms with Gasteiger partial charge in [0.15, 0.2) is 0 Å². The highest BCUT2D eigenvalue weighted by Gasteiger charge is 2.42. The van der Waals surface area contributed by atoms with E-state index in [4.69, 9.17) is 5.73 Å². The van der Waals surface area contributed by atoms with Crippen LogP contribution >= 0.6 is 0 Å². The first-order valence-corrected chi connectivity index (χ1v) is 24.0. The molecule has 5 rings (SSSR count). The van der Waals surface area contributed by atoms with Crippen LogP contribution in [0.15, 0.2) is 54.6 Å². The van der Waals surface area contributed by atoms with Gasteiger partial charge >= 0.3 is 0 Å². The lowest BCUT2D eigenvalue weighted by Gasteiger charge is -2.38. The summed E-state index contributed by atoms with van der Waals surface area (Å²) in [4.78, 5) is 114. The molecule has 1 aromatic rings. The van der Waals surface area contributed by atoms with Crippen LogP contribution in [0.3, 0.4) is 0 Å². The third kappa shape index (κ3) is 14.3. The Morgan fingerprint density at radius 1 is 0.803 bits per heavy atom. The quantitative estimate of drug-likeness (QED) is 0.172. The molecular weight excluding hydrogens is 843 g/mol. The van der Waals surface area contributed by atoms with Crippen molar-refractivity contribution in [1.82, 2.24) is 41.7 Å². The van der Waals surface area contributed by atoms with E-state index in [1.54, 1.807) is 0 Å². The van der Waals surface area contributed by atoms with Crippen molar-refractivity contribution in [2.45, 2.75) is 153 Å². The zero-order chi connectivity index (χ0) is 47.8. The van der Waals surface area contributed by atoms with Crippen LogP contribution in [0, 0.1) is 5.92 Å². The lowest BCUT2D eigenvalue weighted by molar-refractivity contribution is -0.147. The third-order valence-corrected chi connectivity index (χ3v) is 12.8. The Morgan fingerprint density at radius 2 is 1.48 bits per heavy atom. The second-order valence-electron chi connectivity index (χ2n) is 18.0. The Bertz CT molecular complexity index is 2000. The molecule has 7 unspecified atom stereocenters. The van der Waals surface area contributed by atoms with Gasteiger partial charge in [-0.3, -0.25) is 38.4 Å². The van der Waals surface area contributed by atoms with E-state index in [2.05, 4.69) is 57.1 Å². The van der Waals surface area contributed by atoms with Gasteiger partial charge in [0.25, 0.3) is 0 Å². The number of carbonyl (C=O) groups is 8. The monoisotopic (exact) mass is 914 g/mol. The predicted molar refractivity (Wildman–Crippen MR) is 251 cm³/mol. The fourth-order valence-electron chi connectivity index (χ4n) is 8.98. The van der Waals surface area contributed by atoms with Crippen LogP contribution in [0.5, 0.6) is 0 Å². The number of piperidine rings is 1. The van der Waals surface area contributed by atoms with Gasteiger partial charge < -0.3 is 47.4 Å². The lowest BCUT2D eigenvalue weighted by atomic mass is 9.96. The van der Waals surface area contributed by atoms with E-state index in [9.17, 15) is 38.4 Å². The highest BCUT2D eigenvalue weighted by atomic mass is 16.2. The molecule has 3 heterocycles.